The maximum Gasteiger partial charge on any atom is 0.389 e. The lowest BCUT2D eigenvalue weighted by atomic mass is 9.38. The van der Waals surface area contributed by atoms with Gasteiger partial charge in [0.15, 0.2) is 11.5 Å². The number of halogens is 3. The first-order chi connectivity index (χ1) is 20.8. The van der Waals surface area contributed by atoms with Gasteiger partial charge in [-0.15, -0.1) is 0 Å². The molecule has 0 amide bonds. The summed E-state index contributed by atoms with van der Waals surface area (Å²) >= 11 is 0. The Morgan fingerprint density at radius 1 is 1.13 bits per heavy atom. The zero-order valence-electron chi connectivity index (χ0n) is 25.3. The Labute approximate surface area is 255 Å². The fraction of sp³-hybridized carbons (Fsp3) is 0.700. The molecule has 2 heterocycles. The van der Waals surface area contributed by atoms with Crippen LogP contribution in [0.5, 0.6) is 0 Å². The van der Waals surface area contributed by atoms with Gasteiger partial charge in [-0.05, 0) is 44.1 Å². The number of allylic oxidation sites excluding steroid dienone is 3. The number of aliphatic hydroxyl groups excluding tert-OH is 2. The first-order valence-electron chi connectivity index (χ1n) is 14.5. The predicted molar refractivity (Wildman–Crippen MR) is 141 cm³/mol. The lowest BCUT2D eigenvalue weighted by molar-refractivity contribution is -0.290. The molecule has 0 aromatic rings. The minimum atomic E-state index is -4.62. The highest BCUT2D eigenvalue weighted by atomic mass is 19.4. The number of hydrogen-bond donors (Lipinski definition) is 2. The van der Waals surface area contributed by atoms with E-state index in [1.165, 1.54) is 6.92 Å². The van der Waals surface area contributed by atoms with E-state index in [0.29, 0.717) is 5.57 Å². The van der Waals surface area contributed by atoms with E-state index in [9.17, 15) is 47.4 Å². The van der Waals surface area contributed by atoms with Crippen molar-refractivity contribution in [3.8, 4) is 0 Å². The third-order valence-corrected chi connectivity index (χ3v) is 10.3. The van der Waals surface area contributed by atoms with Crippen molar-refractivity contribution in [3.05, 3.63) is 23.0 Å². The molecule has 1 spiro atoms. The van der Waals surface area contributed by atoms with E-state index in [-0.39, 0.29) is 25.0 Å². The first kappa shape index (κ1) is 33.1. The van der Waals surface area contributed by atoms with Gasteiger partial charge in [-0.1, -0.05) is 12.5 Å². The summed E-state index contributed by atoms with van der Waals surface area (Å²) in [6, 6.07) is 0. The highest BCUT2D eigenvalue weighted by Crippen LogP contribution is 2.72. The van der Waals surface area contributed by atoms with Gasteiger partial charge in [-0.3, -0.25) is 9.59 Å². The van der Waals surface area contributed by atoms with Gasteiger partial charge < -0.3 is 33.9 Å². The molecule has 2 saturated carbocycles. The molecule has 3 aliphatic carbocycles. The molecule has 5 aliphatic rings. The van der Waals surface area contributed by atoms with Crippen molar-refractivity contribution in [1.82, 2.24) is 0 Å². The smallest absolute Gasteiger partial charge is 0.389 e. The number of alkyl halides is 3. The second-order valence-corrected chi connectivity index (χ2v) is 13.1. The minimum absolute atomic E-state index is 0.0317. The van der Waals surface area contributed by atoms with Gasteiger partial charge in [0, 0.05) is 23.8 Å². The highest BCUT2D eigenvalue weighted by molar-refractivity contribution is 5.98. The van der Waals surface area contributed by atoms with Gasteiger partial charge >= 0.3 is 30.1 Å². The van der Waals surface area contributed by atoms with Crippen molar-refractivity contribution in [2.75, 3.05) is 13.7 Å². The molecule has 2 N–H and O–H groups in total. The molecule has 2 aliphatic heterocycles. The molecular formula is C30H35F3O12. The summed E-state index contributed by atoms with van der Waals surface area (Å²) in [5, 5.41) is 23.4. The van der Waals surface area contributed by atoms with E-state index in [4.69, 9.17) is 23.7 Å². The average Bonchev–Trinajstić information content (AvgIpc) is 3.24. The van der Waals surface area contributed by atoms with Crippen LogP contribution in [0.15, 0.2) is 23.0 Å². The van der Waals surface area contributed by atoms with Gasteiger partial charge in [0.05, 0.1) is 38.6 Å². The van der Waals surface area contributed by atoms with Gasteiger partial charge in [-0.2, -0.15) is 13.2 Å². The van der Waals surface area contributed by atoms with Gasteiger partial charge in [0.1, 0.15) is 12.2 Å². The molecule has 15 heteroatoms. The van der Waals surface area contributed by atoms with Gasteiger partial charge in [-0.25, -0.2) is 14.4 Å². The molecule has 248 valence electrons. The van der Waals surface area contributed by atoms with Crippen molar-refractivity contribution in [3.63, 3.8) is 0 Å². The Balaban J connectivity index is 1.62. The number of rotatable bonds is 6. The number of hydrogen-bond acceptors (Lipinski definition) is 12. The van der Waals surface area contributed by atoms with Gasteiger partial charge in [0.2, 0.25) is 11.7 Å². The highest BCUT2D eigenvalue weighted by Gasteiger charge is 2.85. The standard InChI is InChI=1S/C30H35F3O12/c1-12(2)8-18(36)45-21-23-28-11-42-30(23,26(40)41-5)24(38)19(37)22(28)27(4)10-15(34)20(44-17(35)6-7-29(31,32)33)13(3)14(27)9-16(28)43-25(21)39/h8,14,16,19,21-24,37-38H,6-7,9-11H2,1-5H3/t14?,16-,19-,21-,22?,23-,24+,27+,28-,30+/m1/s1. The van der Waals surface area contributed by atoms with Crippen LogP contribution >= 0.6 is 0 Å². The number of methoxy groups -OCH3 is 1. The Kier molecular flexibility index (Phi) is 8.01. The monoisotopic (exact) mass is 644 g/mol. The lowest BCUT2D eigenvalue weighted by Crippen LogP contribution is -2.79. The topological polar surface area (TPSA) is 172 Å². The average molecular weight is 645 g/mol. The molecule has 2 unspecified atom stereocenters. The summed E-state index contributed by atoms with van der Waals surface area (Å²) in [4.78, 5) is 65.6. The zero-order valence-corrected chi connectivity index (χ0v) is 25.3. The van der Waals surface area contributed by atoms with E-state index in [2.05, 4.69) is 0 Å². The van der Waals surface area contributed by atoms with Crippen LogP contribution in [-0.4, -0.2) is 89.8 Å². The third kappa shape index (κ3) is 4.80. The first-order valence-corrected chi connectivity index (χ1v) is 14.5. The normalized spacial score (nSPS) is 40.1. The number of ether oxygens (including phenoxy) is 5. The quantitative estimate of drug-likeness (QED) is 0.245. The van der Waals surface area contributed by atoms with Crippen molar-refractivity contribution in [2.24, 2.45) is 28.6 Å². The number of esters is 4. The minimum Gasteiger partial charge on any atom is -0.467 e. The number of fused-ring (bicyclic) bond motifs is 2. The maximum absolute atomic E-state index is 13.6. The Morgan fingerprint density at radius 2 is 1.80 bits per heavy atom. The molecular weight excluding hydrogens is 609 g/mol. The van der Waals surface area contributed by atoms with Crippen LogP contribution in [0, 0.1) is 28.6 Å². The maximum atomic E-state index is 13.6. The summed E-state index contributed by atoms with van der Waals surface area (Å²) in [5.41, 5.74) is -4.32. The number of ketones is 1. The lowest BCUT2D eigenvalue weighted by Gasteiger charge is -2.67. The van der Waals surface area contributed by atoms with Crippen LogP contribution in [-0.2, 0) is 47.7 Å². The second-order valence-electron chi connectivity index (χ2n) is 13.1. The summed E-state index contributed by atoms with van der Waals surface area (Å²) in [6.07, 6.45) is -13.0. The van der Waals surface area contributed by atoms with Crippen molar-refractivity contribution >= 4 is 29.7 Å². The Hall–Kier alpha value is -3.30. The number of aliphatic hydroxyl groups is 2. The summed E-state index contributed by atoms with van der Waals surface area (Å²) in [6.45, 7) is 6.02. The molecule has 2 bridgehead atoms. The third-order valence-electron chi connectivity index (χ3n) is 10.3. The number of carbonyl (C=O) groups excluding carboxylic acids is 5. The molecule has 4 fully saturated rings. The second kappa shape index (κ2) is 10.9. The molecule has 2 saturated heterocycles. The summed E-state index contributed by atoms with van der Waals surface area (Å²) < 4.78 is 65.7. The summed E-state index contributed by atoms with van der Waals surface area (Å²) in [7, 11) is 1.03. The number of Topliss-reactive ketones (excluding diaryl/α,β-unsaturated/α-hetero) is 1. The molecule has 0 radical (unpaired) electrons. The Bertz CT molecular complexity index is 1400. The predicted octanol–water partition coefficient (Wildman–Crippen LogP) is 1.84. The Morgan fingerprint density at radius 3 is 2.40 bits per heavy atom. The van der Waals surface area contributed by atoms with Crippen LogP contribution in [0.25, 0.3) is 0 Å². The van der Waals surface area contributed by atoms with Crippen molar-refractivity contribution < 1.29 is 71.0 Å². The van der Waals surface area contributed by atoms with Gasteiger partial charge in [0.25, 0.3) is 0 Å². The van der Waals surface area contributed by atoms with E-state index in [0.717, 1.165) is 13.2 Å². The van der Waals surface area contributed by atoms with Crippen LogP contribution < -0.4 is 0 Å². The fourth-order valence-electron chi connectivity index (χ4n) is 8.79. The van der Waals surface area contributed by atoms with E-state index in [1.54, 1.807) is 20.8 Å². The van der Waals surface area contributed by atoms with E-state index >= 15 is 0 Å². The number of carbonyl (C=O) groups is 5. The molecule has 0 aromatic carbocycles. The molecule has 12 nitrogen and oxygen atoms in total. The largest absolute Gasteiger partial charge is 0.467 e. The van der Waals surface area contributed by atoms with Crippen LogP contribution in [0.4, 0.5) is 13.2 Å². The van der Waals surface area contributed by atoms with E-state index in [1.807, 2.05) is 0 Å². The molecule has 0 aromatic heterocycles. The van der Waals surface area contributed by atoms with Crippen molar-refractivity contribution in [2.45, 2.75) is 89.6 Å². The van der Waals surface area contributed by atoms with Crippen LogP contribution in [0.1, 0.15) is 53.4 Å². The van der Waals surface area contributed by atoms with Crippen LogP contribution in [0.3, 0.4) is 0 Å². The fourth-order valence-corrected chi connectivity index (χ4v) is 8.79. The van der Waals surface area contributed by atoms with E-state index < -0.39 is 113 Å². The summed E-state index contributed by atoms with van der Waals surface area (Å²) in [5.74, 6) is -8.73. The zero-order chi connectivity index (χ0) is 33.4. The molecule has 10 atom stereocenters. The SMILES string of the molecule is COC(=O)[C@@]12OC[C@]34C([C@@H](O)[C@@H]1O)[C@@]1(C)CC(=O)C(OC(=O)CCC(F)(F)F)=C(C)C1C[C@H]3OC(=O)[C@H](OC(=O)C=C(C)C)[C@@H]24. The molecule has 45 heavy (non-hydrogen) atoms. The molecule has 5 rings (SSSR count). The van der Waals surface area contributed by atoms with Crippen molar-refractivity contribution in [1.29, 1.82) is 0 Å². The van der Waals surface area contributed by atoms with Crippen LogP contribution in [0.2, 0.25) is 0 Å².